The normalized spacial score (nSPS) is 12.0. The van der Waals surface area contributed by atoms with E-state index in [2.05, 4.69) is 10.1 Å². The van der Waals surface area contributed by atoms with Crippen molar-refractivity contribution in [3.05, 3.63) is 98.3 Å². The molecule has 9 heteroatoms. The van der Waals surface area contributed by atoms with E-state index in [1.54, 1.807) is 18.4 Å². The van der Waals surface area contributed by atoms with Crippen LogP contribution in [0.15, 0.2) is 77.0 Å². The van der Waals surface area contributed by atoms with Gasteiger partial charge in [-0.15, -0.1) is 16.4 Å². The largest absolute Gasteiger partial charge is 0.496 e. The average Bonchev–Trinajstić information content (AvgIpc) is 3.66. The van der Waals surface area contributed by atoms with Gasteiger partial charge in [-0.3, -0.25) is 4.79 Å². The number of thiazole rings is 1. The quantitative estimate of drug-likeness (QED) is 0.348. The van der Waals surface area contributed by atoms with Gasteiger partial charge in [0.1, 0.15) is 11.4 Å². The van der Waals surface area contributed by atoms with Crippen molar-refractivity contribution in [3.8, 4) is 33.4 Å². The monoisotopic (exact) mass is 497 g/mol. The van der Waals surface area contributed by atoms with Gasteiger partial charge in [0.05, 0.1) is 22.2 Å². The molecule has 0 aliphatic heterocycles. The van der Waals surface area contributed by atoms with E-state index in [9.17, 15) is 4.79 Å². The summed E-state index contributed by atoms with van der Waals surface area (Å²) in [5.74, 6) is 1.39. The number of hydrogen-bond acceptors (Lipinski definition) is 7. The average molecular weight is 498 g/mol. The zero-order valence-corrected chi connectivity index (χ0v) is 20.5. The molecule has 0 saturated heterocycles. The third-order valence-corrected chi connectivity index (χ3v) is 7.47. The number of para-hydroxylation sites is 1. The molecular weight excluding hydrogens is 478 g/mol. The van der Waals surface area contributed by atoms with E-state index in [0.717, 1.165) is 38.7 Å². The second-order valence-electron chi connectivity index (χ2n) is 7.92. The number of thiophene rings is 1. The minimum Gasteiger partial charge on any atom is -0.496 e. The third-order valence-electron chi connectivity index (χ3n) is 5.64. The molecule has 0 saturated carbocycles. The van der Waals surface area contributed by atoms with Crippen molar-refractivity contribution in [2.75, 3.05) is 7.11 Å². The number of ether oxygens (including phenoxy) is 1. The van der Waals surface area contributed by atoms with E-state index in [4.69, 9.17) is 9.84 Å². The molecule has 7 nitrogen and oxygen atoms in total. The summed E-state index contributed by atoms with van der Waals surface area (Å²) in [7, 11) is 1.66. The molecule has 35 heavy (non-hydrogen) atoms. The number of methoxy groups -OCH3 is 1. The summed E-state index contributed by atoms with van der Waals surface area (Å²) >= 11 is 2.87. The molecule has 0 fully saturated rings. The third kappa shape index (κ3) is 3.84. The van der Waals surface area contributed by atoms with Crippen LogP contribution < -0.4 is 14.8 Å². The van der Waals surface area contributed by atoms with Gasteiger partial charge in [0.15, 0.2) is 5.82 Å². The molecule has 0 amide bonds. The van der Waals surface area contributed by atoms with Crippen LogP contribution in [0, 0.1) is 6.92 Å². The first-order valence-electron chi connectivity index (χ1n) is 10.9. The summed E-state index contributed by atoms with van der Waals surface area (Å²) in [6.45, 7) is 2.00. The Bertz CT molecular complexity index is 1770. The van der Waals surface area contributed by atoms with E-state index in [1.165, 1.54) is 15.9 Å². The van der Waals surface area contributed by atoms with Crippen molar-refractivity contribution in [2.45, 2.75) is 6.92 Å². The van der Waals surface area contributed by atoms with Gasteiger partial charge in [0, 0.05) is 17.3 Å². The van der Waals surface area contributed by atoms with Crippen LogP contribution in [-0.2, 0) is 0 Å². The smallest absolute Gasteiger partial charge is 0.291 e. The molecule has 2 aromatic carbocycles. The Morgan fingerprint density at radius 2 is 1.89 bits per heavy atom. The van der Waals surface area contributed by atoms with Crippen molar-refractivity contribution in [1.29, 1.82) is 0 Å². The van der Waals surface area contributed by atoms with E-state index >= 15 is 0 Å². The Morgan fingerprint density at radius 3 is 2.60 bits per heavy atom. The summed E-state index contributed by atoms with van der Waals surface area (Å²) < 4.78 is 9.19. The van der Waals surface area contributed by atoms with Gasteiger partial charge in [0.2, 0.25) is 4.96 Å². The van der Waals surface area contributed by atoms with Crippen molar-refractivity contribution < 1.29 is 4.74 Å². The van der Waals surface area contributed by atoms with Gasteiger partial charge >= 0.3 is 0 Å². The first kappa shape index (κ1) is 21.5. The van der Waals surface area contributed by atoms with Gasteiger partial charge in [-0.25, -0.2) is 4.68 Å². The Kier molecular flexibility index (Phi) is 5.28. The maximum absolute atomic E-state index is 13.2. The highest BCUT2D eigenvalue weighted by Crippen LogP contribution is 2.29. The lowest BCUT2D eigenvalue weighted by Gasteiger charge is -2.06. The summed E-state index contributed by atoms with van der Waals surface area (Å²) in [5.41, 5.74) is 4.30. The van der Waals surface area contributed by atoms with Crippen molar-refractivity contribution in [1.82, 2.24) is 24.4 Å². The maximum atomic E-state index is 13.2. The zero-order valence-electron chi connectivity index (χ0n) is 18.9. The molecule has 4 heterocycles. The number of hydrogen-bond donors (Lipinski definition) is 0. The van der Waals surface area contributed by atoms with Gasteiger partial charge in [-0.05, 0) is 60.3 Å². The van der Waals surface area contributed by atoms with Gasteiger partial charge in [0.25, 0.3) is 5.56 Å². The molecule has 172 valence electrons. The summed E-state index contributed by atoms with van der Waals surface area (Å²) in [5, 5.41) is 11.3. The van der Waals surface area contributed by atoms with Crippen LogP contribution in [0.2, 0.25) is 0 Å². The molecule has 0 radical (unpaired) electrons. The molecule has 0 N–H and O–H groups in total. The number of benzene rings is 2. The van der Waals surface area contributed by atoms with Crippen molar-refractivity contribution in [2.24, 2.45) is 0 Å². The van der Waals surface area contributed by atoms with Gasteiger partial charge < -0.3 is 4.74 Å². The van der Waals surface area contributed by atoms with Crippen LogP contribution in [0.4, 0.5) is 0 Å². The van der Waals surface area contributed by atoms with Crippen LogP contribution in [0.5, 0.6) is 5.75 Å². The second kappa shape index (κ2) is 8.61. The fourth-order valence-corrected chi connectivity index (χ4v) is 5.49. The van der Waals surface area contributed by atoms with Crippen LogP contribution >= 0.6 is 22.7 Å². The fraction of sp³-hybridized carbons (Fsp3) is 0.0769. The van der Waals surface area contributed by atoms with E-state index in [-0.39, 0.29) is 5.56 Å². The van der Waals surface area contributed by atoms with E-state index < -0.39 is 0 Å². The number of aromatic nitrogens is 5. The lowest BCUT2D eigenvalue weighted by molar-refractivity contribution is 0.412. The molecule has 6 rings (SSSR count). The van der Waals surface area contributed by atoms with E-state index in [0.29, 0.717) is 15.3 Å². The highest BCUT2D eigenvalue weighted by atomic mass is 32.1. The Balaban J connectivity index is 1.51. The molecule has 0 atom stereocenters. The Labute approximate surface area is 208 Å². The van der Waals surface area contributed by atoms with Crippen molar-refractivity contribution >= 4 is 33.7 Å². The lowest BCUT2D eigenvalue weighted by Crippen LogP contribution is -2.23. The second-order valence-corrected chi connectivity index (χ2v) is 9.88. The predicted octanol–water partition coefficient (Wildman–Crippen LogP) is 4.60. The summed E-state index contributed by atoms with van der Waals surface area (Å²) in [6.07, 6.45) is 3.81. The number of aryl methyl sites for hydroxylation is 1. The molecule has 4 aromatic heterocycles. The minimum absolute atomic E-state index is 0.190. The van der Waals surface area contributed by atoms with Crippen LogP contribution in [0.25, 0.3) is 38.7 Å². The predicted molar refractivity (Wildman–Crippen MR) is 140 cm³/mol. The number of rotatable bonds is 5. The van der Waals surface area contributed by atoms with Crippen LogP contribution in [0.1, 0.15) is 11.1 Å². The number of nitrogens with zero attached hydrogens (tertiary/aromatic N) is 5. The van der Waals surface area contributed by atoms with Crippen LogP contribution in [0.3, 0.4) is 0 Å². The van der Waals surface area contributed by atoms with Crippen molar-refractivity contribution in [3.63, 3.8) is 0 Å². The highest BCUT2D eigenvalue weighted by Gasteiger charge is 2.16. The maximum Gasteiger partial charge on any atom is 0.291 e. The Hall–Kier alpha value is -4.08. The molecule has 0 aliphatic carbocycles. The highest BCUT2D eigenvalue weighted by molar-refractivity contribution is 7.15. The van der Waals surface area contributed by atoms with Gasteiger partial charge in [-0.2, -0.15) is 14.6 Å². The van der Waals surface area contributed by atoms with Gasteiger partial charge in [-0.1, -0.05) is 35.6 Å². The molecule has 0 unspecified atom stereocenters. The van der Waals surface area contributed by atoms with Crippen LogP contribution in [-0.4, -0.2) is 31.5 Å². The molecule has 6 aromatic rings. The topological polar surface area (TPSA) is 74.3 Å². The standard InChI is InChI=1S/C26H19N5O2S2/c1-16-13-17(10-11-20(16)33-2)23-18(15-30(28-23)19-7-4-3-5-8-19)14-22-25(32)31-26(35-22)27-24(29-31)21-9-6-12-34-21/h3-15H,1-2H3/b22-14-. The minimum atomic E-state index is -0.190. The number of fused-ring (bicyclic) bond motifs is 1. The Morgan fingerprint density at radius 1 is 1.03 bits per heavy atom. The molecular formula is C26H19N5O2S2. The summed E-state index contributed by atoms with van der Waals surface area (Å²) in [4.78, 5) is 19.3. The van der Waals surface area contributed by atoms with E-state index in [1.807, 2.05) is 89.9 Å². The first-order chi connectivity index (χ1) is 17.1. The molecule has 0 bridgehead atoms. The molecule has 0 spiro atoms. The zero-order chi connectivity index (χ0) is 23.9. The first-order valence-corrected chi connectivity index (χ1v) is 12.6. The SMILES string of the molecule is COc1ccc(-c2nn(-c3ccccc3)cc2/C=c2\sc3nc(-c4cccs4)nn3c2=O)cc1C. The molecule has 0 aliphatic rings. The lowest BCUT2D eigenvalue weighted by atomic mass is 10.0. The fourth-order valence-electron chi connectivity index (χ4n) is 3.94. The summed E-state index contributed by atoms with van der Waals surface area (Å²) in [6, 6.07) is 19.7.